The van der Waals surface area contributed by atoms with E-state index in [0.29, 0.717) is 29.2 Å². The molecule has 0 aliphatic rings. The van der Waals surface area contributed by atoms with Gasteiger partial charge in [0, 0.05) is 24.9 Å². The average molecular weight is 307 g/mol. The minimum atomic E-state index is -0.268. The Balaban J connectivity index is 2.04. The monoisotopic (exact) mass is 306 g/mol. The smallest absolute Gasteiger partial charge is 0.214 e. The molecule has 0 unspecified atom stereocenters. The lowest BCUT2D eigenvalue weighted by Gasteiger charge is -2.20. The summed E-state index contributed by atoms with van der Waals surface area (Å²) in [5.41, 5.74) is 0.785. The third-order valence-corrected chi connectivity index (χ3v) is 2.68. The van der Waals surface area contributed by atoms with Crippen LogP contribution in [0, 0.1) is 6.92 Å². The molecular formula is C15H19ClN4O. The van der Waals surface area contributed by atoms with Crippen molar-refractivity contribution in [3.05, 3.63) is 40.9 Å². The summed E-state index contributed by atoms with van der Waals surface area (Å²) < 4.78 is 5.75. The van der Waals surface area contributed by atoms with Crippen LogP contribution >= 0.6 is 11.6 Å². The van der Waals surface area contributed by atoms with E-state index in [2.05, 4.69) is 20.3 Å². The molecule has 2 aromatic heterocycles. The van der Waals surface area contributed by atoms with Crippen molar-refractivity contribution in [2.24, 2.45) is 0 Å². The number of hydrogen-bond acceptors (Lipinski definition) is 5. The molecular weight excluding hydrogens is 288 g/mol. The summed E-state index contributed by atoms with van der Waals surface area (Å²) in [6, 6.07) is 5.54. The van der Waals surface area contributed by atoms with Gasteiger partial charge >= 0.3 is 0 Å². The van der Waals surface area contributed by atoms with Crippen molar-refractivity contribution in [1.82, 2.24) is 15.0 Å². The van der Waals surface area contributed by atoms with E-state index in [0.717, 1.165) is 5.56 Å². The maximum absolute atomic E-state index is 5.91. The molecule has 0 aliphatic heterocycles. The maximum atomic E-state index is 5.91. The van der Waals surface area contributed by atoms with Crippen LogP contribution in [-0.4, -0.2) is 20.6 Å². The minimum absolute atomic E-state index is 0.268. The van der Waals surface area contributed by atoms with Crippen LogP contribution in [0.25, 0.3) is 0 Å². The highest BCUT2D eigenvalue weighted by molar-refractivity contribution is 6.29. The normalized spacial score (nSPS) is 11.3. The molecule has 21 heavy (non-hydrogen) atoms. The Morgan fingerprint density at radius 3 is 2.67 bits per heavy atom. The van der Waals surface area contributed by atoms with Crippen molar-refractivity contribution >= 4 is 17.4 Å². The standard InChI is InChI=1S/C15H19ClN4O/c1-10-19-12(16)8-13(20-10)18-9-11-5-6-17-14(7-11)21-15(2,3)4/h5-8H,9H2,1-4H3,(H,18,19,20). The van der Waals surface area contributed by atoms with E-state index < -0.39 is 0 Å². The molecule has 0 amide bonds. The predicted molar refractivity (Wildman–Crippen MR) is 83.7 cm³/mol. The molecule has 112 valence electrons. The Morgan fingerprint density at radius 2 is 2.00 bits per heavy atom. The highest BCUT2D eigenvalue weighted by atomic mass is 35.5. The number of nitrogens with zero attached hydrogens (tertiary/aromatic N) is 3. The molecule has 0 bridgehead atoms. The van der Waals surface area contributed by atoms with Crippen molar-refractivity contribution < 1.29 is 4.74 Å². The van der Waals surface area contributed by atoms with Gasteiger partial charge in [-0.25, -0.2) is 15.0 Å². The number of aryl methyl sites for hydroxylation is 1. The molecule has 5 nitrogen and oxygen atoms in total. The van der Waals surface area contributed by atoms with E-state index in [-0.39, 0.29) is 5.60 Å². The SMILES string of the molecule is Cc1nc(Cl)cc(NCc2ccnc(OC(C)(C)C)c2)n1. The number of ether oxygens (including phenoxy) is 1. The van der Waals surface area contributed by atoms with Crippen molar-refractivity contribution in [3.63, 3.8) is 0 Å². The van der Waals surface area contributed by atoms with Crippen LogP contribution in [0.5, 0.6) is 5.88 Å². The first-order chi connectivity index (χ1) is 9.82. The van der Waals surface area contributed by atoms with E-state index in [9.17, 15) is 0 Å². The van der Waals surface area contributed by atoms with Gasteiger partial charge < -0.3 is 10.1 Å². The van der Waals surface area contributed by atoms with E-state index >= 15 is 0 Å². The minimum Gasteiger partial charge on any atom is -0.472 e. The van der Waals surface area contributed by atoms with Gasteiger partial charge in [0.2, 0.25) is 5.88 Å². The summed E-state index contributed by atoms with van der Waals surface area (Å²) in [6.07, 6.45) is 1.73. The van der Waals surface area contributed by atoms with Gasteiger partial charge in [-0.05, 0) is 39.3 Å². The Bertz CT molecular complexity index is 605. The molecule has 0 aromatic carbocycles. The second-order valence-electron chi connectivity index (χ2n) is 5.69. The molecule has 0 saturated carbocycles. The van der Waals surface area contributed by atoms with Gasteiger partial charge in [0.1, 0.15) is 22.4 Å². The summed E-state index contributed by atoms with van der Waals surface area (Å²) in [5.74, 6) is 1.94. The van der Waals surface area contributed by atoms with Crippen LogP contribution in [0.1, 0.15) is 32.2 Å². The van der Waals surface area contributed by atoms with Crippen molar-refractivity contribution in [2.45, 2.75) is 39.8 Å². The van der Waals surface area contributed by atoms with Gasteiger partial charge in [-0.2, -0.15) is 0 Å². The van der Waals surface area contributed by atoms with E-state index in [4.69, 9.17) is 16.3 Å². The number of rotatable bonds is 4. The third-order valence-electron chi connectivity index (χ3n) is 2.49. The van der Waals surface area contributed by atoms with Crippen LogP contribution in [-0.2, 0) is 6.54 Å². The molecule has 2 heterocycles. The molecule has 0 spiro atoms. The molecule has 0 saturated heterocycles. The van der Waals surface area contributed by atoms with E-state index in [1.807, 2.05) is 32.9 Å². The number of hydrogen-bond donors (Lipinski definition) is 1. The topological polar surface area (TPSA) is 59.9 Å². The summed E-state index contributed by atoms with van der Waals surface area (Å²) in [5, 5.41) is 3.64. The second kappa shape index (κ2) is 6.26. The fourth-order valence-corrected chi connectivity index (χ4v) is 1.97. The summed E-state index contributed by atoms with van der Waals surface area (Å²) >= 11 is 5.91. The first-order valence-corrected chi connectivity index (χ1v) is 7.09. The lowest BCUT2D eigenvalue weighted by atomic mass is 10.2. The molecule has 0 radical (unpaired) electrons. The highest BCUT2D eigenvalue weighted by Gasteiger charge is 2.12. The zero-order valence-electron chi connectivity index (χ0n) is 12.6. The van der Waals surface area contributed by atoms with Crippen LogP contribution in [0.4, 0.5) is 5.82 Å². The Labute approximate surface area is 129 Å². The van der Waals surface area contributed by atoms with Gasteiger partial charge in [-0.1, -0.05) is 11.6 Å². The van der Waals surface area contributed by atoms with Gasteiger partial charge in [-0.3, -0.25) is 0 Å². The van der Waals surface area contributed by atoms with Gasteiger partial charge in [0.15, 0.2) is 0 Å². The summed E-state index contributed by atoms with van der Waals surface area (Å²) in [7, 11) is 0. The van der Waals surface area contributed by atoms with E-state index in [1.54, 1.807) is 19.2 Å². The Kier molecular flexibility index (Phi) is 4.63. The molecule has 2 aromatic rings. The summed E-state index contributed by atoms with van der Waals surface area (Å²) in [6.45, 7) is 8.39. The highest BCUT2D eigenvalue weighted by Crippen LogP contribution is 2.17. The first kappa shape index (κ1) is 15.5. The Morgan fingerprint density at radius 1 is 1.24 bits per heavy atom. The van der Waals surface area contributed by atoms with Crippen molar-refractivity contribution in [3.8, 4) is 5.88 Å². The van der Waals surface area contributed by atoms with Gasteiger partial charge in [0.25, 0.3) is 0 Å². The summed E-state index contributed by atoms with van der Waals surface area (Å²) in [4.78, 5) is 12.5. The largest absolute Gasteiger partial charge is 0.472 e. The average Bonchev–Trinajstić information content (AvgIpc) is 2.33. The van der Waals surface area contributed by atoms with Crippen LogP contribution in [0.15, 0.2) is 24.4 Å². The fraction of sp³-hybridized carbons (Fsp3) is 0.400. The zero-order valence-corrected chi connectivity index (χ0v) is 13.4. The van der Waals surface area contributed by atoms with E-state index in [1.165, 1.54) is 0 Å². The predicted octanol–water partition coefficient (Wildman–Crippen LogP) is 3.62. The number of halogens is 1. The first-order valence-electron chi connectivity index (χ1n) is 6.71. The number of pyridine rings is 1. The lowest BCUT2D eigenvalue weighted by molar-refractivity contribution is 0.124. The quantitative estimate of drug-likeness (QED) is 0.874. The van der Waals surface area contributed by atoms with Crippen LogP contribution in [0.3, 0.4) is 0 Å². The Hall–Kier alpha value is -1.88. The van der Waals surface area contributed by atoms with Crippen LogP contribution < -0.4 is 10.1 Å². The second-order valence-corrected chi connectivity index (χ2v) is 6.08. The lowest BCUT2D eigenvalue weighted by Crippen LogP contribution is -2.23. The van der Waals surface area contributed by atoms with Gasteiger partial charge in [0.05, 0.1) is 0 Å². The molecule has 0 fully saturated rings. The zero-order chi connectivity index (χ0) is 15.5. The van der Waals surface area contributed by atoms with Crippen molar-refractivity contribution in [1.29, 1.82) is 0 Å². The van der Waals surface area contributed by atoms with Crippen LogP contribution in [0.2, 0.25) is 5.15 Å². The number of aromatic nitrogens is 3. The maximum Gasteiger partial charge on any atom is 0.214 e. The number of nitrogens with one attached hydrogen (secondary N) is 1. The molecule has 2 rings (SSSR count). The molecule has 1 N–H and O–H groups in total. The molecule has 0 atom stereocenters. The molecule has 6 heteroatoms. The molecule has 0 aliphatic carbocycles. The third kappa shape index (κ3) is 5.19. The van der Waals surface area contributed by atoms with Gasteiger partial charge in [-0.15, -0.1) is 0 Å². The van der Waals surface area contributed by atoms with Crippen molar-refractivity contribution in [2.75, 3.05) is 5.32 Å². The fourth-order valence-electron chi connectivity index (χ4n) is 1.74. The number of anilines is 1.